The van der Waals surface area contributed by atoms with Gasteiger partial charge in [0.1, 0.15) is 0 Å². The standard InChI is InChI=1S/C12H20N2O4/c1-13(10-4-6-18-8-10)12(17)14-5-2-3-9(7-14)11(15)16/h9-10H,2-8H2,1H3,(H,15,16)/t9-,10?/m0/s1. The summed E-state index contributed by atoms with van der Waals surface area (Å²) in [6.45, 7) is 2.26. The number of urea groups is 1. The van der Waals surface area contributed by atoms with Crippen molar-refractivity contribution in [1.82, 2.24) is 9.80 Å². The maximum atomic E-state index is 12.3. The van der Waals surface area contributed by atoms with Gasteiger partial charge >= 0.3 is 12.0 Å². The van der Waals surface area contributed by atoms with Crippen molar-refractivity contribution in [3.05, 3.63) is 0 Å². The molecule has 2 aliphatic heterocycles. The van der Waals surface area contributed by atoms with Gasteiger partial charge < -0.3 is 19.6 Å². The van der Waals surface area contributed by atoms with Gasteiger partial charge in [-0.25, -0.2) is 4.79 Å². The van der Waals surface area contributed by atoms with Crippen LogP contribution in [0, 0.1) is 5.92 Å². The quantitative estimate of drug-likeness (QED) is 0.786. The highest BCUT2D eigenvalue weighted by Crippen LogP contribution is 2.19. The molecule has 1 N–H and O–H groups in total. The predicted molar refractivity (Wildman–Crippen MR) is 64.3 cm³/mol. The summed E-state index contributed by atoms with van der Waals surface area (Å²) in [4.78, 5) is 26.6. The normalized spacial score (nSPS) is 28.2. The average Bonchev–Trinajstić information content (AvgIpc) is 2.91. The fraction of sp³-hybridized carbons (Fsp3) is 0.833. The summed E-state index contributed by atoms with van der Waals surface area (Å²) in [5.41, 5.74) is 0. The van der Waals surface area contributed by atoms with E-state index in [0.717, 1.165) is 12.8 Å². The number of piperidine rings is 1. The molecule has 2 rings (SSSR count). The highest BCUT2D eigenvalue weighted by molar-refractivity contribution is 5.76. The molecule has 2 saturated heterocycles. The summed E-state index contributed by atoms with van der Waals surface area (Å²) < 4.78 is 5.27. The minimum atomic E-state index is -0.806. The number of carbonyl (C=O) groups is 2. The van der Waals surface area contributed by atoms with Gasteiger partial charge in [-0.05, 0) is 19.3 Å². The van der Waals surface area contributed by atoms with Crippen molar-refractivity contribution >= 4 is 12.0 Å². The molecule has 0 spiro atoms. The topological polar surface area (TPSA) is 70.1 Å². The minimum absolute atomic E-state index is 0.0727. The summed E-state index contributed by atoms with van der Waals surface area (Å²) in [5.74, 6) is -1.23. The summed E-state index contributed by atoms with van der Waals surface area (Å²) in [7, 11) is 1.77. The van der Waals surface area contributed by atoms with Crippen LogP contribution in [0.1, 0.15) is 19.3 Å². The maximum absolute atomic E-state index is 12.3. The zero-order chi connectivity index (χ0) is 13.1. The zero-order valence-electron chi connectivity index (χ0n) is 10.7. The molecule has 0 bridgehead atoms. The molecule has 6 nitrogen and oxygen atoms in total. The molecule has 0 saturated carbocycles. The number of hydrogen-bond acceptors (Lipinski definition) is 3. The fourth-order valence-corrected chi connectivity index (χ4v) is 2.56. The van der Waals surface area contributed by atoms with E-state index < -0.39 is 11.9 Å². The summed E-state index contributed by atoms with van der Waals surface area (Å²) in [5, 5.41) is 9.02. The highest BCUT2D eigenvalue weighted by Gasteiger charge is 2.32. The van der Waals surface area contributed by atoms with Crippen LogP contribution in [0.25, 0.3) is 0 Å². The van der Waals surface area contributed by atoms with Gasteiger partial charge in [-0.3, -0.25) is 4.79 Å². The van der Waals surface area contributed by atoms with Gasteiger partial charge in [0.15, 0.2) is 0 Å². The highest BCUT2D eigenvalue weighted by atomic mass is 16.5. The molecule has 6 heteroatoms. The zero-order valence-corrected chi connectivity index (χ0v) is 10.7. The van der Waals surface area contributed by atoms with Crippen molar-refractivity contribution in [3.8, 4) is 0 Å². The molecule has 0 aromatic rings. The van der Waals surface area contributed by atoms with Crippen molar-refractivity contribution in [2.75, 3.05) is 33.4 Å². The first-order chi connectivity index (χ1) is 8.59. The SMILES string of the molecule is CN(C(=O)N1CCC[C@H](C(=O)O)C1)C1CCOC1. The molecule has 2 atom stereocenters. The molecule has 2 aliphatic rings. The Balaban J connectivity index is 1.93. The number of nitrogens with zero attached hydrogens (tertiary/aromatic N) is 2. The number of likely N-dealkylation sites (N-methyl/N-ethyl adjacent to an activating group) is 1. The number of hydrogen-bond donors (Lipinski definition) is 1. The van der Waals surface area contributed by atoms with E-state index in [9.17, 15) is 9.59 Å². The van der Waals surface area contributed by atoms with Gasteiger partial charge in [-0.2, -0.15) is 0 Å². The number of rotatable bonds is 2. The molecule has 2 heterocycles. The van der Waals surface area contributed by atoms with Crippen molar-refractivity contribution in [1.29, 1.82) is 0 Å². The Labute approximate surface area is 106 Å². The largest absolute Gasteiger partial charge is 0.481 e. The number of ether oxygens (including phenoxy) is 1. The number of amides is 2. The Kier molecular flexibility index (Phi) is 4.06. The molecule has 0 aliphatic carbocycles. The molecule has 18 heavy (non-hydrogen) atoms. The van der Waals surface area contributed by atoms with E-state index in [4.69, 9.17) is 9.84 Å². The predicted octanol–water partition coefficient (Wildman–Crippen LogP) is 0.624. The Morgan fingerprint density at radius 2 is 2.17 bits per heavy atom. The third-order valence-electron chi connectivity index (χ3n) is 3.80. The second-order valence-corrected chi connectivity index (χ2v) is 5.03. The van der Waals surface area contributed by atoms with Crippen LogP contribution in [-0.2, 0) is 9.53 Å². The van der Waals surface area contributed by atoms with Crippen LogP contribution in [0.3, 0.4) is 0 Å². The van der Waals surface area contributed by atoms with Crippen LogP contribution in [0.5, 0.6) is 0 Å². The van der Waals surface area contributed by atoms with E-state index in [1.54, 1.807) is 16.8 Å². The van der Waals surface area contributed by atoms with Gasteiger partial charge in [-0.1, -0.05) is 0 Å². The van der Waals surface area contributed by atoms with Crippen LogP contribution < -0.4 is 0 Å². The van der Waals surface area contributed by atoms with Crippen molar-refractivity contribution < 1.29 is 19.4 Å². The van der Waals surface area contributed by atoms with Crippen molar-refractivity contribution in [2.24, 2.45) is 5.92 Å². The van der Waals surface area contributed by atoms with E-state index in [0.29, 0.717) is 32.7 Å². The second kappa shape index (κ2) is 5.56. The molecule has 2 amide bonds. The minimum Gasteiger partial charge on any atom is -0.481 e. The summed E-state index contributed by atoms with van der Waals surface area (Å²) >= 11 is 0. The molecule has 1 unspecified atom stereocenters. The van der Waals surface area contributed by atoms with Gasteiger partial charge in [0, 0.05) is 26.7 Å². The average molecular weight is 256 g/mol. The molecule has 0 aromatic carbocycles. The number of carboxylic acid groups (broad SMARTS) is 1. The van der Waals surface area contributed by atoms with Crippen LogP contribution >= 0.6 is 0 Å². The van der Waals surface area contributed by atoms with Crippen LogP contribution in [-0.4, -0.2) is 66.3 Å². The number of aliphatic carboxylic acids is 1. The summed E-state index contributed by atoms with van der Waals surface area (Å²) in [6.07, 6.45) is 2.28. The van der Waals surface area contributed by atoms with Crippen LogP contribution in [0.15, 0.2) is 0 Å². The lowest BCUT2D eigenvalue weighted by Gasteiger charge is -2.35. The molecule has 2 fully saturated rings. The Morgan fingerprint density at radius 3 is 2.78 bits per heavy atom. The second-order valence-electron chi connectivity index (χ2n) is 5.03. The number of carboxylic acids is 1. The van der Waals surface area contributed by atoms with E-state index >= 15 is 0 Å². The van der Waals surface area contributed by atoms with Gasteiger partial charge in [-0.15, -0.1) is 0 Å². The third kappa shape index (κ3) is 2.75. The number of carbonyl (C=O) groups excluding carboxylic acids is 1. The Morgan fingerprint density at radius 1 is 1.39 bits per heavy atom. The Hall–Kier alpha value is -1.30. The van der Waals surface area contributed by atoms with Crippen LogP contribution in [0.4, 0.5) is 4.79 Å². The van der Waals surface area contributed by atoms with Crippen molar-refractivity contribution in [3.63, 3.8) is 0 Å². The first-order valence-corrected chi connectivity index (χ1v) is 6.42. The molecular weight excluding hydrogens is 236 g/mol. The monoisotopic (exact) mass is 256 g/mol. The van der Waals surface area contributed by atoms with E-state index in [2.05, 4.69) is 0 Å². The van der Waals surface area contributed by atoms with E-state index in [1.165, 1.54) is 0 Å². The summed E-state index contributed by atoms with van der Waals surface area (Å²) in [6, 6.07) is 0.0548. The maximum Gasteiger partial charge on any atom is 0.320 e. The Bertz CT molecular complexity index is 328. The van der Waals surface area contributed by atoms with Crippen LogP contribution in [0.2, 0.25) is 0 Å². The first-order valence-electron chi connectivity index (χ1n) is 6.42. The smallest absolute Gasteiger partial charge is 0.320 e. The molecule has 0 aromatic heterocycles. The molecular formula is C12H20N2O4. The molecule has 102 valence electrons. The molecule has 0 radical (unpaired) electrons. The van der Waals surface area contributed by atoms with Crippen molar-refractivity contribution in [2.45, 2.75) is 25.3 Å². The van der Waals surface area contributed by atoms with Gasteiger partial charge in [0.2, 0.25) is 0 Å². The lowest BCUT2D eigenvalue weighted by atomic mass is 9.98. The van der Waals surface area contributed by atoms with Gasteiger partial charge in [0.05, 0.1) is 18.6 Å². The van der Waals surface area contributed by atoms with E-state index in [1.807, 2.05) is 0 Å². The first kappa shape index (κ1) is 13.1. The van der Waals surface area contributed by atoms with Gasteiger partial charge in [0.25, 0.3) is 0 Å². The lowest BCUT2D eigenvalue weighted by Crippen LogP contribution is -2.50. The third-order valence-corrected chi connectivity index (χ3v) is 3.80. The lowest BCUT2D eigenvalue weighted by molar-refractivity contribution is -0.143. The number of likely N-dealkylation sites (tertiary alicyclic amines) is 1. The fourth-order valence-electron chi connectivity index (χ4n) is 2.56. The van der Waals surface area contributed by atoms with E-state index in [-0.39, 0.29) is 12.1 Å².